The summed E-state index contributed by atoms with van der Waals surface area (Å²) in [4.78, 5) is 14.3. The number of hydrogen-bond donors (Lipinski definition) is 1. The van der Waals surface area contributed by atoms with Gasteiger partial charge in [-0.25, -0.2) is 4.39 Å². The molecule has 0 unspecified atom stereocenters. The van der Waals surface area contributed by atoms with Crippen molar-refractivity contribution in [3.63, 3.8) is 0 Å². The van der Waals surface area contributed by atoms with Gasteiger partial charge in [0.1, 0.15) is 5.82 Å². The second-order valence-electron chi connectivity index (χ2n) is 5.37. The van der Waals surface area contributed by atoms with E-state index >= 15 is 0 Å². The van der Waals surface area contributed by atoms with E-state index < -0.39 is 0 Å². The monoisotopic (exact) mass is 318 g/mol. The Morgan fingerprint density at radius 2 is 2.13 bits per heavy atom. The van der Waals surface area contributed by atoms with E-state index in [9.17, 15) is 9.18 Å². The molecule has 1 amide bonds. The zero-order valence-electron chi connectivity index (χ0n) is 13.6. The molecule has 2 rings (SSSR count). The fourth-order valence-electron chi connectivity index (χ4n) is 2.37. The molecular formula is C17H23FN4O. The lowest BCUT2D eigenvalue weighted by molar-refractivity contribution is -0.115. The summed E-state index contributed by atoms with van der Waals surface area (Å²) in [6.45, 7) is 7.98. The summed E-state index contributed by atoms with van der Waals surface area (Å²) in [7, 11) is 0. The molecule has 0 aliphatic heterocycles. The van der Waals surface area contributed by atoms with Crippen molar-refractivity contribution in [3.8, 4) is 0 Å². The summed E-state index contributed by atoms with van der Waals surface area (Å²) in [5.41, 5.74) is 1.31. The van der Waals surface area contributed by atoms with E-state index in [0.29, 0.717) is 11.3 Å². The summed E-state index contributed by atoms with van der Waals surface area (Å²) in [6.07, 6.45) is 3.58. The number of aromatic nitrogens is 2. The van der Waals surface area contributed by atoms with Gasteiger partial charge in [-0.05, 0) is 30.8 Å². The molecule has 5 nitrogen and oxygen atoms in total. The summed E-state index contributed by atoms with van der Waals surface area (Å²) >= 11 is 0. The Labute approximate surface area is 136 Å². The number of amides is 1. The molecule has 1 heterocycles. The first-order valence-electron chi connectivity index (χ1n) is 7.89. The van der Waals surface area contributed by atoms with E-state index in [4.69, 9.17) is 0 Å². The molecule has 1 aromatic carbocycles. The highest BCUT2D eigenvalue weighted by molar-refractivity contribution is 5.91. The highest BCUT2D eigenvalue weighted by atomic mass is 19.1. The lowest BCUT2D eigenvalue weighted by atomic mass is 10.1. The minimum atomic E-state index is -0.334. The number of likely N-dealkylation sites (N-methyl/N-ethyl adjacent to an activating group) is 1. The third-order valence-corrected chi connectivity index (χ3v) is 3.71. The van der Waals surface area contributed by atoms with E-state index in [0.717, 1.165) is 26.2 Å². The predicted octanol–water partition coefficient (Wildman–Crippen LogP) is 2.55. The van der Waals surface area contributed by atoms with E-state index in [2.05, 4.69) is 29.2 Å². The maximum absolute atomic E-state index is 13.1. The minimum absolute atomic E-state index is 0.141. The van der Waals surface area contributed by atoms with Crippen LogP contribution < -0.4 is 5.32 Å². The molecule has 0 fully saturated rings. The van der Waals surface area contributed by atoms with Crippen molar-refractivity contribution < 1.29 is 9.18 Å². The van der Waals surface area contributed by atoms with Gasteiger partial charge < -0.3 is 10.2 Å². The number of carbonyl (C=O) groups excluding carboxylic acids is 1. The zero-order valence-corrected chi connectivity index (χ0v) is 13.6. The van der Waals surface area contributed by atoms with E-state index in [1.54, 1.807) is 18.3 Å². The van der Waals surface area contributed by atoms with E-state index in [1.807, 2.05) is 10.9 Å². The Kier molecular flexibility index (Phi) is 6.29. The third-order valence-electron chi connectivity index (χ3n) is 3.71. The molecule has 1 N–H and O–H groups in total. The number of nitrogens with one attached hydrogen (secondary N) is 1. The molecule has 0 radical (unpaired) electrons. The van der Waals surface area contributed by atoms with Gasteiger partial charge in [0.05, 0.1) is 24.8 Å². The number of anilines is 1. The number of halogens is 1. The fraction of sp³-hybridized carbons (Fsp3) is 0.412. The number of rotatable bonds is 8. The SMILES string of the molecule is CCN(CC)CCn1cc(NC(=O)Cc2cccc(F)c2)cn1. The average Bonchev–Trinajstić information content (AvgIpc) is 2.95. The van der Waals surface area contributed by atoms with Crippen molar-refractivity contribution in [1.29, 1.82) is 0 Å². The van der Waals surface area contributed by atoms with Gasteiger partial charge in [0.15, 0.2) is 0 Å². The Morgan fingerprint density at radius 3 is 2.83 bits per heavy atom. The Hall–Kier alpha value is -2.21. The van der Waals surface area contributed by atoms with Crippen molar-refractivity contribution in [1.82, 2.24) is 14.7 Å². The molecule has 0 spiro atoms. The first-order valence-corrected chi connectivity index (χ1v) is 7.89. The van der Waals surface area contributed by atoms with Crippen LogP contribution in [-0.4, -0.2) is 40.2 Å². The zero-order chi connectivity index (χ0) is 16.7. The van der Waals surface area contributed by atoms with Gasteiger partial charge >= 0.3 is 0 Å². The van der Waals surface area contributed by atoms with Gasteiger partial charge in [0.2, 0.25) is 5.91 Å². The maximum atomic E-state index is 13.1. The molecule has 124 valence electrons. The Bertz CT molecular complexity index is 637. The maximum Gasteiger partial charge on any atom is 0.228 e. The molecule has 0 saturated carbocycles. The highest BCUT2D eigenvalue weighted by Crippen LogP contribution is 2.08. The topological polar surface area (TPSA) is 50.2 Å². The summed E-state index contributed by atoms with van der Waals surface area (Å²) < 4.78 is 14.9. The first kappa shape index (κ1) is 17.1. The quantitative estimate of drug-likeness (QED) is 0.814. The molecular weight excluding hydrogens is 295 g/mol. The number of nitrogens with zero attached hydrogens (tertiary/aromatic N) is 3. The van der Waals surface area contributed by atoms with Crippen LogP contribution in [0.25, 0.3) is 0 Å². The lowest BCUT2D eigenvalue weighted by Gasteiger charge is -2.17. The van der Waals surface area contributed by atoms with Crippen LogP contribution in [0.1, 0.15) is 19.4 Å². The van der Waals surface area contributed by atoms with Gasteiger partial charge in [-0.15, -0.1) is 0 Å². The van der Waals surface area contributed by atoms with Gasteiger partial charge in [-0.1, -0.05) is 26.0 Å². The second-order valence-corrected chi connectivity index (χ2v) is 5.37. The summed E-state index contributed by atoms with van der Waals surface area (Å²) in [6, 6.07) is 6.06. The van der Waals surface area contributed by atoms with Crippen molar-refractivity contribution in [3.05, 3.63) is 48.0 Å². The van der Waals surface area contributed by atoms with Gasteiger partial charge in [0.25, 0.3) is 0 Å². The van der Waals surface area contributed by atoms with E-state index in [1.165, 1.54) is 12.1 Å². The standard InChI is InChI=1S/C17H23FN4O/c1-3-21(4-2)8-9-22-13-16(12-19-22)20-17(23)11-14-6-5-7-15(18)10-14/h5-7,10,12-13H,3-4,8-9,11H2,1-2H3,(H,20,23). The van der Waals surface area contributed by atoms with Crippen LogP contribution in [0.3, 0.4) is 0 Å². The fourth-order valence-corrected chi connectivity index (χ4v) is 2.37. The Morgan fingerprint density at radius 1 is 1.35 bits per heavy atom. The lowest BCUT2D eigenvalue weighted by Crippen LogP contribution is -2.27. The number of benzene rings is 1. The number of hydrogen-bond acceptors (Lipinski definition) is 3. The molecule has 0 bridgehead atoms. The smallest absolute Gasteiger partial charge is 0.228 e. The van der Waals surface area contributed by atoms with Crippen LogP contribution in [0.15, 0.2) is 36.7 Å². The van der Waals surface area contributed by atoms with Crippen molar-refractivity contribution in [2.75, 3.05) is 25.0 Å². The second kappa shape index (κ2) is 8.43. The van der Waals surface area contributed by atoms with Crippen LogP contribution in [0.4, 0.5) is 10.1 Å². The number of carbonyl (C=O) groups is 1. The molecule has 0 aliphatic rings. The average molecular weight is 318 g/mol. The van der Waals surface area contributed by atoms with Crippen LogP contribution in [0.5, 0.6) is 0 Å². The first-order chi connectivity index (χ1) is 11.1. The molecule has 1 aromatic heterocycles. The normalized spacial score (nSPS) is 11.0. The third kappa shape index (κ3) is 5.49. The summed E-state index contributed by atoms with van der Waals surface area (Å²) in [5, 5.41) is 7.03. The molecule has 0 atom stereocenters. The molecule has 0 aliphatic carbocycles. The van der Waals surface area contributed by atoms with Crippen molar-refractivity contribution in [2.24, 2.45) is 0 Å². The highest BCUT2D eigenvalue weighted by Gasteiger charge is 2.07. The van der Waals surface area contributed by atoms with Crippen LogP contribution in [0.2, 0.25) is 0 Å². The van der Waals surface area contributed by atoms with Crippen molar-refractivity contribution in [2.45, 2.75) is 26.8 Å². The van der Waals surface area contributed by atoms with Gasteiger partial charge in [0, 0.05) is 12.7 Å². The largest absolute Gasteiger partial charge is 0.323 e. The molecule has 6 heteroatoms. The predicted molar refractivity (Wildman–Crippen MR) is 88.7 cm³/mol. The van der Waals surface area contributed by atoms with Crippen molar-refractivity contribution >= 4 is 11.6 Å². The molecule has 0 saturated heterocycles. The Balaban J connectivity index is 1.85. The van der Waals surface area contributed by atoms with E-state index in [-0.39, 0.29) is 18.1 Å². The van der Waals surface area contributed by atoms with Crippen LogP contribution in [0, 0.1) is 5.82 Å². The molecule has 2 aromatic rings. The molecule has 23 heavy (non-hydrogen) atoms. The van der Waals surface area contributed by atoms with Crippen LogP contribution >= 0.6 is 0 Å². The van der Waals surface area contributed by atoms with Gasteiger partial charge in [-0.2, -0.15) is 5.10 Å². The van der Waals surface area contributed by atoms with Gasteiger partial charge in [-0.3, -0.25) is 9.48 Å². The van der Waals surface area contributed by atoms with Crippen LogP contribution in [-0.2, 0) is 17.8 Å². The summed E-state index contributed by atoms with van der Waals surface area (Å²) in [5.74, 6) is -0.515. The minimum Gasteiger partial charge on any atom is -0.323 e.